The second kappa shape index (κ2) is 4.21. The van der Waals surface area contributed by atoms with Crippen molar-refractivity contribution in [1.29, 1.82) is 0 Å². The highest BCUT2D eigenvalue weighted by molar-refractivity contribution is 7.12. The lowest BCUT2D eigenvalue weighted by Gasteiger charge is -2.10. The van der Waals surface area contributed by atoms with Gasteiger partial charge in [0.15, 0.2) is 0 Å². The molecule has 0 amide bonds. The molecule has 1 N–H and O–H groups in total. The molecule has 0 radical (unpaired) electrons. The van der Waals surface area contributed by atoms with E-state index in [1.807, 2.05) is 6.92 Å². The molecule has 0 aromatic carbocycles. The van der Waals surface area contributed by atoms with Gasteiger partial charge in [0.2, 0.25) is 0 Å². The first-order valence-electron chi connectivity index (χ1n) is 4.65. The van der Waals surface area contributed by atoms with Crippen molar-refractivity contribution < 1.29 is 9.84 Å². The lowest BCUT2D eigenvalue weighted by molar-refractivity contribution is 0.161. The first kappa shape index (κ1) is 9.83. The van der Waals surface area contributed by atoms with Gasteiger partial charge in [0, 0.05) is 4.88 Å². The number of hydrogen-bond donors (Lipinski definition) is 1. The van der Waals surface area contributed by atoms with E-state index in [9.17, 15) is 0 Å². The summed E-state index contributed by atoms with van der Waals surface area (Å²) in [5.41, 5.74) is 2.06. The van der Waals surface area contributed by atoms with Crippen LogP contribution >= 0.6 is 11.3 Å². The lowest BCUT2D eigenvalue weighted by atomic mass is 10.2. The largest absolute Gasteiger partial charge is 0.390 e. The zero-order chi connectivity index (χ0) is 9.97. The van der Waals surface area contributed by atoms with Gasteiger partial charge < -0.3 is 9.84 Å². The molecule has 14 heavy (non-hydrogen) atoms. The normalized spacial score (nSPS) is 16.9. The number of aliphatic hydroxyl groups excluding tert-OH is 1. The first-order chi connectivity index (χ1) is 6.81. The number of aryl methyl sites for hydroxylation is 1. The summed E-state index contributed by atoms with van der Waals surface area (Å²) < 4.78 is 5.24. The topological polar surface area (TPSA) is 42.4 Å². The van der Waals surface area contributed by atoms with E-state index < -0.39 is 0 Å². The quantitative estimate of drug-likeness (QED) is 0.810. The molecule has 1 aromatic heterocycles. The van der Waals surface area contributed by atoms with Crippen LogP contribution in [0.4, 0.5) is 0 Å². The van der Waals surface area contributed by atoms with Crippen LogP contribution in [-0.2, 0) is 11.3 Å². The fourth-order valence-electron chi connectivity index (χ4n) is 1.43. The minimum Gasteiger partial charge on any atom is -0.390 e. The van der Waals surface area contributed by atoms with Crippen molar-refractivity contribution in [3.63, 3.8) is 0 Å². The summed E-state index contributed by atoms with van der Waals surface area (Å²) in [6.07, 6.45) is 3.00. The van der Waals surface area contributed by atoms with E-state index in [4.69, 9.17) is 9.84 Å². The summed E-state index contributed by atoms with van der Waals surface area (Å²) in [4.78, 5) is 5.50. The Bertz CT molecular complexity index is 357. The molecule has 0 atom stereocenters. The SMILES string of the molecule is Cc1sc(C2=CCOCC2)nc1CO. The highest BCUT2D eigenvalue weighted by Gasteiger charge is 2.12. The van der Waals surface area contributed by atoms with Crippen LogP contribution in [0, 0.1) is 6.92 Å². The number of nitrogens with zero attached hydrogens (tertiary/aromatic N) is 1. The average Bonchev–Trinajstić information content (AvgIpc) is 2.61. The molecule has 1 aliphatic rings. The Labute approximate surface area is 87.1 Å². The van der Waals surface area contributed by atoms with E-state index in [1.165, 1.54) is 5.57 Å². The third-order valence-corrected chi connectivity index (χ3v) is 3.37. The van der Waals surface area contributed by atoms with Gasteiger partial charge in [-0.1, -0.05) is 6.08 Å². The molecule has 0 bridgehead atoms. The highest BCUT2D eigenvalue weighted by Crippen LogP contribution is 2.27. The number of ether oxygens (including phenoxy) is 1. The van der Waals surface area contributed by atoms with Gasteiger partial charge in [0.1, 0.15) is 5.01 Å². The van der Waals surface area contributed by atoms with Crippen LogP contribution in [0.3, 0.4) is 0 Å². The van der Waals surface area contributed by atoms with Gasteiger partial charge in [0.05, 0.1) is 25.5 Å². The van der Waals surface area contributed by atoms with Gasteiger partial charge in [-0.2, -0.15) is 0 Å². The molecule has 76 valence electrons. The van der Waals surface area contributed by atoms with E-state index in [0.29, 0.717) is 6.61 Å². The predicted octanol–water partition coefficient (Wildman–Crippen LogP) is 1.75. The Morgan fingerprint density at radius 1 is 1.64 bits per heavy atom. The molecule has 0 saturated carbocycles. The van der Waals surface area contributed by atoms with Crippen molar-refractivity contribution in [2.75, 3.05) is 13.2 Å². The second-order valence-electron chi connectivity index (χ2n) is 3.23. The summed E-state index contributed by atoms with van der Waals surface area (Å²) >= 11 is 1.65. The van der Waals surface area contributed by atoms with Gasteiger partial charge in [-0.3, -0.25) is 0 Å². The van der Waals surface area contributed by atoms with Crippen LogP contribution in [0.1, 0.15) is 22.0 Å². The Balaban J connectivity index is 2.27. The smallest absolute Gasteiger partial charge is 0.119 e. The van der Waals surface area contributed by atoms with Crippen molar-refractivity contribution in [3.8, 4) is 0 Å². The van der Waals surface area contributed by atoms with Gasteiger partial charge in [0.25, 0.3) is 0 Å². The molecule has 1 aromatic rings. The molecule has 0 aliphatic carbocycles. The zero-order valence-electron chi connectivity index (χ0n) is 8.12. The zero-order valence-corrected chi connectivity index (χ0v) is 8.93. The van der Waals surface area contributed by atoms with Crippen LogP contribution in [0.15, 0.2) is 6.08 Å². The lowest BCUT2D eigenvalue weighted by Crippen LogP contribution is -2.03. The molecule has 3 nitrogen and oxygen atoms in total. The molecule has 0 unspecified atom stereocenters. The number of thiazole rings is 1. The summed E-state index contributed by atoms with van der Waals surface area (Å²) in [7, 11) is 0. The van der Waals surface area contributed by atoms with Crippen molar-refractivity contribution in [2.45, 2.75) is 20.0 Å². The molecule has 0 fully saturated rings. The van der Waals surface area contributed by atoms with E-state index in [1.54, 1.807) is 11.3 Å². The molecular weight excluding hydrogens is 198 g/mol. The Hall–Kier alpha value is -0.710. The van der Waals surface area contributed by atoms with Crippen LogP contribution in [-0.4, -0.2) is 23.3 Å². The Morgan fingerprint density at radius 3 is 3.07 bits per heavy atom. The average molecular weight is 211 g/mol. The summed E-state index contributed by atoms with van der Waals surface area (Å²) in [5, 5.41) is 10.1. The molecule has 0 spiro atoms. The van der Waals surface area contributed by atoms with Crippen molar-refractivity contribution in [3.05, 3.63) is 21.7 Å². The molecular formula is C10H13NO2S. The van der Waals surface area contributed by atoms with Crippen molar-refractivity contribution in [1.82, 2.24) is 4.98 Å². The minimum absolute atomic E-state index is 0.0338. The Kier molecular flexibility index (Phi) is 2.96. The van der Waals surface area contributed by atoms with E-state index in [0.717, 1.165) is 28.6 Å². The monoisotopic (exact) mass is 211 g/mol. The van der Waals surface area contributed by atoms with E-state index in [-0.39, 0.29) is 6.61 Å². The molecule has 2 heterocycles. The van der Waals surface area contributed by atoms with Crippen molar-refractivity contribution >= 4 is 16.9 Å². The third-order valence-electron chi connectivity index (χ3n) is 2.28. The van der Waals surface area contributed by atoms with Gasteiger partial charge >= 0.3 is 0 Å². The highest BCUT2D eigenvalue weighted by atomic mass is 32.1. The van der Waals surface area contributed by atoms with Crippen molar-refractivity contribution in [2.24, 2.45) is 0 Å². The Morgan fingerprint density at radius 2 is 2.50 bits per heavy atom. The maximum atomic E-state index is 9.03. The predicted molar refractivity (Wildman–Crippen MR) is 56.2 cm³/mol. The first-order valence-corrected chi connectivity index (χ1v) is 5.47. The molecule has 1 aliphatic heterocycles. The number of aliphatic hydroxyl groups is 1. The molecule has 0 saturated heterocycles. The minimum atomic E-state index is 0.0338. The fraction of sp³-hybridized carbons (Fsp3) is 0.500. The fourth-order valence-corrected chi connectivity index (χ4v) is 2.42. The van der Waals surface area contributed by atoms with Gasteiger partial charge in [-0.15, -0.1) is 11.3 Å². The summed E-state index contributed by atoms with van der Waals surface area (Å²) in [5.74, 6) is 0. The van der Waals surface area contributed by atoms with E-state index in [2.05, 4.69) is 11.1 Å². The van der Waals surface area contributed by atoms with Gasteiger partial charge in [-0.05, 0) is 18.9 Å². The number of hydrogen-bond acceptors (Lipinski definition) is 4. The van der Waals surface area contributed by atoms with Gasteiger partial charge in [-0.25, -0.2) is 4.98 Å². The number of aromatic nitrogens is 1. The van der Waals surface area contributed by atoms with Crippen LogP contribution in [0.5, 0.6) is 0 Å². The second-order valence-corrected chi connectivity index (χ2v) is 4.44. The number of rotatable bonds is 2. The maximum Gasteiger partial charge on any atom is 0.119 e. The molecule has 4 heteroatoms. The van der Waals surface area contributed by atoms with Crippen LogP contribution in [0.25, 0.3) is 5.57 Å². The van der Waals surface area contributed by atoms with E-state index >= 15 is 0 Å². The van der Waals surface area contributed by atoms with Crippen LogP contribution < -0.4 is 0 Å². The summed E-state index contributed by atoms with van der Waals surface area (Å²) in [6, 6.07) is 0. The molecule has 2 rings (SSSR count). The summed E-state index contributed by atoms with van der Waals surface area (Å²) in [6.45, 7) is 3.49. The standard InChI is InChI=1S/C10H13NO2S/c1-7-9(6-12)11-10(14-7)8-2-4-13-5-3-8/h2,12H,3-6H2,1H3. The van der Waals surface area contributed by atoms with Crippen LogP contribution in [0.2, 0.25) is 0 Å². The third kappa shape index (κ3) is 1.87. The maximum absolute atomic E-state index is 9.03.